The van der Waals surface area contributed by atoms with Crippen molar-refractivity contribution in [2.45, 2.75) is 12.8 Å². The number of rotatable bonds is 2. The molecule has 0 spiro atoms. The van der Waals surface area contributed by atoms with Crippen LogP contribution in [0.2, 0.25) is 0 Å². The van der Waals surface area contributed by atoms with Crippen molar-refractivity contribution >= 4 is 6.21 Å². The molecule has 1 saturated carbocycles. The lowest BCUT2D eigenvalue weighted by molar-refractivity contribution is 0.254. The first-order valence-corrected chi connectivity index (χ1v) is 2.45. The Morgan fingerprint density at radius 2 is 2.29 bits per heavy atom. The molecule has 2 heteroatoms. The maximum atomic E-state index is 8.51. The molecule has 0 bridgehead atoms. The molecular formula is C5H9NO. The van der Waals surface area contributed by atoms with Gasteiger partial charge in [-0.2, -0.15) is 0 Å². The molecule has 0 atom stereocenters. The standard InChI is InChI=1S/C5H9NO/c6-3-5(4-7)1-2-5/h3,6-7H,1-2,4H2. The number of hydrogen-bond donors (Lipinski definition) is 2. The summed E-state index contributed by atoms with van der Waals surface area (Å²) in [6, 6.07) is 0. The second-order valence-corrected chi connectivity index (χ2v) is 2.16. The zero-order valence-corrected chi connectivity index (χ0v) is 4.15. The van der Waals surface area contributed by atoms with Gasteiger partial charge in [0.25, 0.3) is 0 Å². The Kier molecular flexibility index (Phi) is 0.889. The third-order valence-corrected chi connectivity index (χ3v) is 1.51. The SMILES string of the molecule is N=CC1(CO)CC1. The van der Waals surface area contributed by atoms with Crippen LogP contribution in [0.3, 0.4) is 0 Å². The van der Waals surface area contributed by atoms with E-state index in [0.29, 0.717) is 0 Å². The van der Waals surface area contributed by atoms with Gasteiger partial charge >= 0.3 is 0 Å². The summed E-state index contributed by atoms with van der Waals surface area (Å²) in [6.07, 6.45) is 3.37. The molecule has 0 aromatic carbocycles. The third kappa shape index (κ3) is 0.657. The molecule has 1 fully saturated rings. The Bertz CT molecular complexity index is 86.1. The van der Waals surface area contributed by atoms with Crippen LogP contribution in [0, 0.1) is 10.8 Å². The van der Waals surface area contributed by atoms with Gasteiger partial charge in [-0.3, -0.25) is 0 Å². The van der Waals surface area contributed by atoms with Gasteiger partial charge in [0, 0.05) is 11.6 Å². The number of hydrogen-bond acceptors (Lipinski definition) is 2. The molecule has 40 valence electrons. The van der Waals surface area contributed by atoms with Crippen molar-refractivity contribution in [2.75, 3.05) is 6.61 Å². The maximum Gasteiger partial charge on any atom is 0.0536 e. The number of aliphatic hydroxyl groups is 1. The second kappa shape index (κ2) is 1.30. The summed E-state index contributed by atoms with van der Waals surface area (Å²) < 4.78 is 0. The molecule has 7 heavy (non-hydrogen) atoms. The van der Waals surface area contributed by atoms with Gasteiger partial charge in [-0.1, -0.05) is 0 Å². The fourth-order valence-electron chi connectivity index (χ4n) is 0.509. The van der Waals surface area contributed by atoms with E-state index in [4.69, 9.17) is 10.5 Å². The van der Waals surface area contributed by atoms with Crippen molar-refractivity contribution in [1.29, 1.82) is 5.41 Å². The van der Waals surface area contributed by atoms with Crippen molar-refractivity contribution in [2.24, 2.45) is 5.41 Å². The van der Waals surface area contributed by atoms with Crippen LogP contribution in [0.4, 0.5) is 0 Å². The molecular weight excluding hydrogens is 90.1 g/mol. The first-order chi connectivity index (χ1) is 3.33. The largest absolute Gasteiger partial charge is 0.395 e. The molecule has 0 aliphatic heterocycles. The van der Waals surface area contributed by atoms with Gasteiger partial charge < -0.3 is 10.5 Å². The van der Waals surface area contributed by atoms with Crippen LogP contribution in [-0.2, 0) is 0 Å². The Balaban J connectivity index is 2.42. The van der Waals surface area contributed by atoms with Crippen molar-refractivity contribution < 1.29 is 5.11 Å². The summed E-state index contributed by atoms with van der Waals surface area (Å²) in [5, 5.41) is 15.3. The molecule has 2 N–H and O–H groups in total. The van der Waals surface area contributed by atoms with Gasteiger partial charge in [0.15, 0.2) is 0 Å². The summed E-state index contributed by atoms with van der Waals surface area (Å²) in [6.45, 7) is 0.163. The summed E-state index contributed by atoms with van der Waals surface area (Å²) in [5.74, 6) is 0. The Morgan fingerprint density at radius 3 is 2.29 bits per heavy atom. The third-order valence-electron chi connectivity index (χ3n) is 1.51. The minimum absolute atomic E-state index is 0.0694. The number of nitrogens with one attached hydrogen (secondary N) is 1. The monoisotopic (exact) mass is 99.1 g/mol. The van der Waals surface area contributed by atoms with Crippen molar-refractivity contribution in [1.82, 2.24) is 0 Å². The quantitative estimate of drug-likeness (QED) is 0.484. The van der Waals surface area contributed by atoms with Gasteiger partial charge in [0.2, 0.25) is 0 Å². The Morgan fingerprint density at radius 1 is 1.71 bits per heavy atom. The topological polar surface area (TPSA) is 44.1 Å². The highest BCUT2D eigenvalue weighted by Crippen LogP contribution is 2.42. The molecule has 1 aliphatic carbocycles. The Labute approximate surface area is 42.7 Å². The van der Waals surface area contributed by atoms with Crippen LogP contribution >= 0.6 is 0 Å². The summed E-state index contributed by atoms with van der Waals surface area (Å²) in [5.41, 5.74) is -0.0694. The van der Waals surface area contributed by atoms with Crippen LogP contribution < -0.4 is 0 Å². The molecule has 1 aliphatic rings. The molecule has 2 nitrogen and oxygen atoms in total. The van der Waals surface area contributed by atoms with Crippen molar-refractivity contribution in [3.05, 3.63) is 0 Å². The molecule has 0 aromatic heterocycles. The fraction of sp³-hybridized carbons (Fsp3) is 0.800. The normalized spacial score (nSPS) is 24.1. The van der Waals surface area contributed by atoms with E-state index in [9.17, 15) is 0 Å². The highest BCUT2D eigenvalue weighted by molar-refractivity contribution is 5.66. The average molecular weight is 99.1 g/mol. The highest BCUT2D eigenvalue weighted by atomic mass is 16.3. The zero-order valence-electron chi connectivity index (χ0n) is 4.15. The minimum Gasteiger partial charge on any atom is -0.395 e. The van der Waals surface area contributed by atoms with Crippen LogP contribution in [0.15, 0.2) is 0 Å². The molecule has 0 unspecified atom stereocenters. The first kappa shape index (κ1) is 4.78. The fourth-order valence-corrected chi connectivity index (χ4v) is 0.509. The van der Waals surface area contributed by atoms with Crippen LogP contribution in [0.5, 0.6) is 0 Å². The van der Waals surface area contributed by atoms with Gasteiger partial charge in [0.1, 0.15) is 0 Å². The van der Waals surface area contributed by atoms with E-state index >= 15 is 0 Å². The molecule has 0 saturated heterocycles. The lowest BCUT2D eigenvalue weighted by Gasteiger charge is -1.97. The molecule has 0 radical (unpaired) electrons. The Hall–Kier alpha value is -0.370. The van der Waals surface area contributed by atoms with Crippen LogP contribution in [0.1, 0.15) is 12.8 Å². The van der Waals surface area contributed by atoms with Crippen LogP contribution in [0.25, 0.3) is 0 Å². The minimum atomic E-state index is -0.0694. The second-order valence-electron chi connectivity index (χ2n) is 2.16. The maximum absolute atomic E-state index is 8.51. The van der Waals surface area contributed by atoms with E-state index in [-0.39, 0.29) is 12.0 Å². The van der Waals surface area contributed by atoms with E-state index in [1.165, 1.54) is 6.21 Å². The number of aliphatic hydroxyl groups excluding tert-OH is 1. The van der Waals surface area contributed by atoms with Gasteiger partial charge in [-0.15, -0.1) is 0 Å². The van der Waals surface area contributed by atoms with Gasteiger partial charge in [0.05, 0.1) is 6.61 Å². The molecule has 0 aromatic rings. The lowest BCUT2D eigenvalue weighted by Crippen LogP contribution is -2.05. The van der Waals surface area contributed by atoms with Crippen molar-refractivity contribution in [3.63, 3.8) is 0 Å². The van der Waals surface area contributed by atoms with Crippen molar-refractivity contribution in [3.8, 4) is 0 Å². The summed E-state index contributed by atoms with van der Waals surface area (Å²) in [7, 11) is 0. The highest BCUT2D eigenvalue weighted by Gasteiger charge is 2.39. The van der Waals surface area contributed by atoms with E-state index in [2.05, 4.69) is 0 Å². The first-order valence-electron chi connectivity index (χ1n) is 2.45. The van der Waals surface area contributed by atoms with E-state index < -0.39 is 0 Å². The lowest BCUT2D eigenvalue weighted by atomic mass is 10.1. The summed E-state index contributed by atoms with van der Waals surface area (Å²) in [4.78, 5) is 0. The average Bonchev–Trinajstić information content (AvgIpc) is 2.46. The smallest absolute Gasteiger partial charge is 0.0536 e. The van der Waals surface area contributed by atoms with E-state index in [1.54, 1.807) is 0 Å². The molecule has 1 rings (SSSR count). The zero-order chi connectivity index (χ0) is 5.33. The van der Waals surface area contributed by atoms with E-state index in [0.717, 1.165) is 12.8 Å². The van der Waals surface area contributed by atoms with Gasteiger partial charge in [-0.25, -0.2) is 0 Å². The molecule has 0 heterocycles. The molecule has 0 amide bonds. The predicted octanol–water partition coefficient (Wildman–Crippen LogP) is 0.408. The van der Waals surface area contributed by atoms with Gasteiger partial charge in [-0.05, 0) is 12.8 Å². The van der Waals surface area contributed by atoms with E-state index in [1.807, 2.05) is 0 Å². The predicted molar refractivity (Wildman–Crippen MR) is 27.5 cm³/mol. The van der Waals surface area contributed by atoms with Crippen LogP contribution in [-0.4, -0.2) is 17.9 Å². The summed E-state index contributed by atoms with van der Waals surface area (Å²) >= 11 is 0.